The Morgan fingerprint density at radius 2 is 2.05 bits per heavy atom. The number of amidine groups is 1. The maximum Gasteiger partial charge on any atom is 0.338 e. The molecule has 1 heterocycles. The molecule has 0 amide bonds. The van der Waals surface area contributed by atoms with E-state index in [0.29, 0.717) is 17.3 Å². The normalized spacial score (nSPS) is 18.2. The fraction of sp³-hybridized carbons (Fsp3) is 0.333. The number of carbonyl (C=O) groups excluding carboxylic acids is 1. The van der Waals surface area contributed by atoms with Gasteiger partial charge in [0.1, 0.15) is 6.04 Å². The highest BCUT2D eigenvalue weighted by atomic mass is 16.5. The third-order valence-electron chi connectivity index (χ3n) is 3.17. The number of nitrogens with one attached hydrogen (secondary N) is 1. The molecule has 0 aromatic heterocycles. The molecule has 1 aliphatic rings. The summed E-state index contributed by atoms with van der Waals surface area (Å²) in [5.41, 5.74) is 3.23. The van der Waals surface area contributed by atoms with Crippen molar-refractivity contribution < 1.29 is 14.3 Å². The molecule has 1 unspecified atom stereocenters. The number of benzene rings is 1. The van der Waals surface area contributed by atoms with Crippen molar-refractivity contribution in [2.24, 2.45) is 4.99 Å². The standard InChI is InChI=1S/C15H18N2O3/c1-9-6-5-7-11(8-9)13-12(14(18)19-3)10(2)16-15(17-13)20-4/h5-8,13H,1-4H3,(H,16,17). The highest BCUT2D eigenvalue weighted by molar-refractivity contribution is 5.94. The molecule has 1 aromatic rings. The van der Waals surface area contributed by atoms with Gasteiger partial charge in [-0.05, 0) is 19.4 Å². The first kappa shape index (κ1) is 14.1. The summed E-state index contributed by atoms with van der Waals surface area (Å²) in [7, 11) is 2.90. The van der Waals surface area contributed by atoms with Crippen LogP contribution in [0.25, 0.3) is 0 Å². The van der Waals surface area contributed by atoms with Gasteiger partial charge in [0, 0.05) is 5.70 Å². The molecule has 5 heteroatoms. The van der Waals surface area contributed by atoms with Gasteiger partial charge in [0.15, 0.2) is 0 Å². The van der Waals surface area contributed by atoms with E-state index in [4.69, 9.17) is 9.47 Å². The molecule has 1 atom stereocenters. The van der Waals surface area contributed by atoms with Gasteiger partial charge in [0.25, 0.3) is 6.02 Å². The summed E-state index contributed by atoms with van der Waals surface area (Å²) in [6.07, 6.45) is 0. The minimum Gasteiger partial charge on any atom is -0.468 e. The van der Waals surface area contributed by atoms with Crippen molar-refractivity contribution in [3.8, 4) is 0 Å². The molecule has 1 aliphatic heterocycles. The lowest BCUT2D eigenvalue weighted by Gasteiger charge is -2.24. The number of allylic oxidation sites excluding steroid dienone is 1. The zero-order valence-electron chi connectivity index (χ0n) is 12.1. The van der Waals surface area contributed by atoms with Crippen molar-refractivity contribution in [1.29, 1.82) is 0 Å². The summed E-state index contributed by atoms with van der Waals surface area (Å²) in [5, 5.41) is 2.95. The zero-order valence-corrected chi connectivity index (χ0v) is 12.1. The zero-order chi connectivity index (χ0) is 14.7. The molecule has 0 fully saturated rings. The minimum atomic E-state index is -0.418. The van der Waals surface area contributed by atoms with E-state index < -0.39 is 6.04 Å². The summed E-state index contributed by atoms with van der Waals surface area (Å²) in [6, 6.07) is 7.86. The lowest BCUT2D eigenvalue weighted by atomic mass is 9.95. The summed E-state index contributed by atoms with van der Waals surface area (Å²) < 4.78 is 10.0. The van der Waals surface area contributed by atoms with Crippen LogP contribution in [-0.4, -0.2) is 26.2 Å². The van der Waals surface area contributed by atoms with Crippen LogP contribution in [0, 0.1) is 6.92 Å². The predicted octanol–water partition coefficient (Wildman–Crippen LogP) is 2.09. The maximum atomic E-state index is 12.0. The third-order valence-corrected chi connectivity index (χ3v) is 3.17. The van der Waals surface area contributed by atoms with E-state index in [1.807, 2.05) is 38.1 Å². The molecule has 106 valence electrons. The smallest absolute Gasteiger partial charge is 0.338 e. The van der Waals surface area contributed by atoms with Crippen molar-refractivity contribution in [3.05, 3.63) is 46.7 Å². The second-order valence-electron chi connectivity index (χ2n) is 4.61. The molecule has 2 rings (SSSR count). The van der Waals surface area contributed by atoms with Gasteiger partial charge in [-0.25, -0.2) is 9.79 Å². The van der Waals surface area contributed by atoms with Crippen LogP contribution in [0.1, 0.15) is 24.1 Å². The molecular formula is C15H18N2O3. The van der Waals surface area contributed by atoms with Gasteiger partial charge in [-0.3, -0.25) is 0 Å². The Hall–Kier alpha value is -2.30. The Bertz CT molecular complexity index is 591. The SMILES string of the molecule is COC(=O)C1=C(C)NC(OC)=NC1c1cccc(C)c1. The van der Waals surface area contributed by atoms with Crippen LogP contribution in [0.5, 0.6) is 0 Å². The van der Waals surface area contributed by atoms with Crippen LogP contribution < -0.4 is 5.32 Å². The molecule has 0 bridgehead atoms. The van der Waals surface area contributed by atoms with Crippen molar-refractivity contribution in [1.82, 2.24) is 5.32 Å². The number of aliphatic imine (C=N–C) groups is 1. The monoisotopic (exact) mass is 274 g/mol. The molecular weight excluding hydrogens is 256 g/mol. The average molecular weight is 274 g/mol. The molecule has 1 aromatic carbocycles. The Morgan fingerprint density at radius 1 is 1.30 bits per heavy atom. The number of aryl methyl sites for hydroxylation is 1. The second-order valence-corrected chi connectivity index (χ2v) is 4.61. The third kappa shape index (κ3) is 2.66. The van der Waals surface area contributed by atoms with Gasteiger partial charge in [-0.1, -0.05) is 29.8 Å². The lowest BCUT2D eigenvalue weighted by molar-refractivity contribution is -0.136. The lowest BCUT2D eigenvalue weighted by Crippen LogP contribution is -2.32. The van der Waals surface area contributed by atoms with Gasteiger partial charge in [-0.15, -0.1) is 0 Å². The Labute approximate surface area is 118 Å². The Morgan fingerprint density at radius 3 is 2.65 bits per heavy atom. The van der Waals surface area contributed by atoms with Crippen LogP contribution in [0.15, 0.2) is 40.5 Å². The Balaban J connectivity index is 2.51. The summed E-state index contributed by atoms with van der Waals surface area (Å²) in [5.74, 6) is -0.389. The van der Waals surface area contributed by atoms with Crippen LogP contribution in [-0.2, 0) is 14.3 Å². The van der Waals surface area contributed by atoms with Crippen LogP contribution >= 0.6 is 0 Å². The number of carbonyl (C=O) groups is 1. The van der Waals surface area contributed by atoms with Gasteiger partial charge in [-0.2, -0.15) is 0 Å². The van der Waals surface area contributed by atoms with E-state index in [-0.39, 0.29) is 5.97 Å². The highest BCUT2D eigenvalue weighted by Gasteiger charge is 2.30. The maximum absolute atomic E-state index is 12.0. The van der Waals surface area contributed by atoms with Crippen molar-refractivity contribution in [3.63, 3.8) is 0 Å². The fourth-order valence-electron chi connectivity index (χ4n) is 2.21. The first-order valence-corrected chi connectivity index (χ1v) is 6.31. The number of rotatable bonds is 2. The van der Waals surface area contributed by atoms with E-state index in [9.17, 15) is 4.79 Å². The first-order chi connectivity index (χ1) is 9.56. The largest absolute Gasteiger partial charge is 0.468 e. The molecule has 5 nitrogen and oxygen atoms in total. The summed E-state index contributed by atoms with van der Waals surface area (Å²) >= 11 is 0. The van der Waals surface area contributed by atoms with E-state index in [1.54, 1.807) is 0 Å². The number of esters is 1. The van der Waals surface area contributed by atoms with Crippen LogP contribution in [0.4, 0.5) is 0 Å². The van der Waals surface area contributed by atoms with E-state index in [1.165, 1.54) is 14.2 Å². The minimum absolute atomic E-state index is 0.389. The van der Waals surface area contributed by atoms with E-state index >= 15 is 0 Å². The van der Waals surface area contributed by atoms with E-state index in [0.717, 1.165) is 11.1 Å². The molecule has 0 spiro atoms. The molecule has 0 radical (unpaired) electrons. The number of hydrogen-bond donors (Lipinski definition) is 1. The number of hydrogen-bond acceptors (Lipinski definition) is 5. The molecule has 0 saturated heterocycles. The van der Waals surface area contributed by atoms with Crippen molar-refractivity contribution in [2.75, 3.05) is 14.2 Å². The van der Waals surface area contributed by atoms with Crippen LogP contribution in [0.3, 0.4) is 0 Å². The van der Waals surface area contributed by atoms with Gasteiger partial charge < -0.3 is 14.8 Å². The van der Waals surface area contributed by atoms with Gasteiger partial charge in [0.05, 0.1) is 19.8 Å². The molecule has 0 aliphatic carbocycles. The first-order valence-electron chi connectivity index (χ1n) is 6.31. The van der Waals surface area contributed by atoms with Crippen molar-refractivity contribution in [2.45, 2.75) is 19.9 Å². The van der Waals surface area contributed by atoms with Gasteiger partial charge >= 0.3 is 5.97 Å². The topological polar surface area (TPSA) is 59.9 Å². The van der Waals surface area contributed by atoms with Crippen molar-refractivity contribution >= 4 is 12.0 Å². The van der Waals surface area contributed by atoms with Gasteiger partial charge in [0.2, 0.25) is 0 Å². The number of ether oxygens (including phenoxy) is 2. The summed E-state index contributed by atoms with van der Waals surface area (Å²) in [4.78, 5) is 16.4. The number of nitrogens with zero attached hydrogens (tertiary/aromatic N) is 1. The molecule has 1 N–H and O–H groups in total. The van der Waals surface area contributed by atoms with E-state index in [2.05, 4.69) is 10.3 Å². The summed E-state index contributed by atoms with van der Waals surface area (Å²) in [6.45, 7) is 3.81. The number of methoxy groups -OCH3 is 2. The molecule has 0 saturated carbocycles. The van der Waals surface area contributed by atoms with Crippen LogP contribution in [0.2, 0.25) is 0 Å². The second kappa shape index (κ2) is 5.77. The average Bonchev–Trinajstić information content (AvgIpc) is 2.45. The fourth-order valence-corrected chi connectivity index (χ4v) is 2.21. The Kier molecular flexibility index (Phi) is 4.08. The predicted molar refractivity (Wildman–Crippen MR) is 76.2 cm³/mol. The quantitative estimate of drug-likeness (QED) is 0.839. The molecule has 20 heavy (non-hydrogen) atoms. The highest BCUT2D eigenvalue weighted by Crippen LogP contribution is 2.31.